The van der Waals surface area contributed by atoms with Crippen LogP contribution in [0.25, 0.3) is 0 Å². The average molecular weight is 362 g/mol. The van der Waals surface area contributed by atoms with Crippen LogP contribution in [0.5, 0.6) is 5.75 Å². The molecule has 1 aromatic rings. The maximum Gasteiger partial charge on any atom is 0.310 e. The number of carbonyl (C=O) groups is 2. The van der Waals surface area contributed by atoms with Gasteiger partial charge in [0.1, 0.15) is 5.75 Å². The number of carbonyl (C=O) groups excluding carboxylic acids is 2. The quantitative estimate of drug-likeness (QED) is 0.698. The molecular formula is C16H21Cl2NO4. The lowest BCUT2D eigenvalue weighted by Crippen LogP contribution is -2.44. The van der Waals surface area contributed by atoms with Gasteiger partial charge < -0.3 is 14.4 Å². The van der Waals surface area contributed by atoms with E-state index >= 15 is 0 Å². The van der Waals surface area contributed by atoms with Crippen LogP contribution in [0.3, 0.4) is 0 Å². The van der Waals surface area contributed by atoms with Gasteiger partial charge in [0.25, 0.3) is 5.91 Å². The van der Waals surface area contributed by atoms with Crippen molar-refractivity contribution in [2.75, 3.05) is 20.3 Å². The highest BCUT2D eigenvalue weighted by atomic mass is 35.5. The Morgan fingerprint density at radius 3 is 2.39 bits per heavy atom. The zero-order valence-electron chi connectivity index (χ0n) is 13.6. The van der Waals surface area contributed by atoms with Crippen LogP contribution in [0.1, 0.15) is 20.8 Å². The maximum atomic E-state index is 12.4. The van der Waals surface area contributed by atoms with E-state index in [4.69, 9.17) is 32.7 Å². The van der Waals surface area contributed by atoms with Gasteiger partial charge in [-0.05, 0) is 32.0 Å². The fourth-order valence-electron chi connectivity index (χ4n) is 1.99. The monoisotopic (exact) mass is 361 g/mol. The Morgan fingerprint density at radius 1 is 1.22 bits per heavy atom. The van der Waals surface area contributed by atoms with Gasteiger partial charge in [0.05, 0.1) is 18.1 Å². The number of hydrogen-bond donors (Lipinski definition) is 0. The van der Waals surface area contributed by atoms with Gasteiger partial charge in [0.15, 0.2) is 6.61 Å². The predicted octanol–water partition coefficient (Wildman–Crippen LogP) is 3.42. The number of esters is 1. The summed E-state index contributed by atoms with van der Waals surface area (Å²) in [5.41, 5.74) is 0. The van der Waals surface area contributed by atoms with E-state index in [0.717, 1.165) is 0 Å². The van der Waals surface area contributed by atoms with Crippen LogP contribution in [-0.4, -0.2) is 43.1 Å². The van der Waals surface area contributed by atoms with Gasteiger partial charge in [-0.15, -0.1) is 0 Å². The van der Waals surface area contributed by atoms with Crippen molar-refractivity contribution in [3.8, 4) is 5.75 Å². The highest BCUT2D eigenvalue weighted by molar-refractivity contribution is 6.35. The number of amides is 1. The summed E-state index contributed by atoms with van der Waals surface area (Å²) in [5, 5.41) is 0.828. The number of halogens is 2. The van der Waals surface area contributed by atoms with Crippen LogP contribution in [0.4, 0.5) is 0 Å². The normalized spacial score (nSPS) is 12.0. The van der Waals surface area contributed by atoms with Crippen molar-refractivity contribution < 1.29 is 19.1 Å². The molecule has 0 radical (unpaired) electrons. The summed E-state index contributed by atoms with van der Waals surface area (Å²) in [6.07, 6.45) is 0. The van der Waals surface area contributed by atoms with Crippen molar-refractivity contribution >= 4 is 35.1 Å². The van der Waals surface area contributed by atoms with E-state index < -0.39 is 5.92 Å². The number of nitrogens with zero attached hydrogens (tertiary/aromatic N) is 1. The van der Waals surface area contributed by atoms with Gasteiger partial charge in [-0.3, -0.25) is 9.59 Å². The van der Waals surface area contributed by atoms with Crippen molar-refractivity contribution in [1.82, 2.24) is 4.90 Å². The minimum Gasteiger partial charge on any atom is -0.482 e. The van der Waals surface area contributed by atoms with Crippen molar-refractivity contribution in [3.63, 3.8) is 0 Å². The van der Waals surface area contributed by atoms with E-state index in [1.54, 1.807) is 30.0 Å². The molecule has 7 heteroatoms. The lowest BCUT2D eigenvalue weighted by molar-refractivity contribution is -0.147. The van der Waals surface area contributed by atoms with Crippen LogP contribution < -0.4 is 4.74 Å². The highest BCUT2D eigenvalue weighted by Gasteiger charge is 2.24. The lowest BCUT2D eigenvalue weighted by Gasteiger charge is -2.28. The lowest BCUT2D eigenvalue weighted by atomic mass is 10.1. The zero-order chi connectivity index (χ0) is 17.6. The molecule has 0 fully saturated rings. The van der Waals surface area contributed by atoms with E-state index in [-0.39, 0.29) is 31.1 Å². The first kappa shape index (κ1) is 19.6. The second-order valence-corrected chi connectivity index (χ2v) is 6.27. The topological polar surface area (TPSA) is 55.8 Å². The fourth-order valence-corrected chi connectivity index (χ4v) is 2.45. The first-order valence-corrected chi connectivity index (χ1v) is 7.97. The molecule has 128 valence electrons. The summed E-state index contributed by atoms with van der Waals surface area (Å²) in [4.78, 5) is 25.5. The van der Waals surface area contributed by atoms with Crippen molar-refractivity contribution in [2.24, 2.45) is 5.92 Å². The Balaban J connectivity index is 2.69. The molecule has 0 heterocycles. The molecule has 0 saturated heterocycles. The van der Waals surface area contributed by atoms with Crippen molar-refractivity contribution in [1.29, 1.82) is 0 Å². The summed E-state index contributed by atoms with van der Waals surface area (Å²) < 4.78 is 10.1. The second kappa shape index (κ2) is 8.99. The van der Waals surface area contributed by atoms with Gasteiger partial charge in [-0.2, -0.15) is 0 Å². The molecule has 5 nitrogen and oxygen atoms in total. The van der Waals surface area contributed by atoms with Gasteiger partial charge in [0, 0.05) is 17.6 Å². The van der Waals surface area contributed by atoms with Crippen LogP contribution in [0.15, 0.2) is 18.2 Å². The van der Waals surface area contributed by atoms with E-state index in [1.165, 1.54) is 7.11 Å². The van der Waals surface area contributed by atoms with Crippen molar-refractivity contribution in [2.45, 2.75) is 26.8 Å². The number of methoxy groups -OCH3 is 1. The minimum absolute atomic E-state index is 0.0705. The Hall–Kier alpha value is -1.46. The molecule has 0 saturated carbocycles. The minimum atomic E-state index is -0.412. The number of ether oxygens (including phenoxy) is 2. The van der Waals surface area contributed by atoms with Crippen LogP contribution in [-0.2, 0) is 14.3 Å². The van der Waals surface area contributed by atoms with Gasteiger partial charge in [-0.1, -0.05) is 30.1 Å². The Morgan fingerprint density at radius 2 is 1.87 bits per heavy atom. The average Bonchev–Trinajstić information content (AvgIpc) is 2.49. The molecule has 1 atom stereocenters. The molecule has 0 N–H and O–H groups in total. The standard InChI is InChI=1S/C16H21Cl2NO4/c1-10(2)19(8-11(3)16(21)22-4)15(20)9-23-14-6-5-12(17)7-13(14)18/h5-7,10-11H,8-9H2,1-4H3. The van der Waals surface area contributed by atoms with Crippen LogP contribution in [0, 0.1) is 5.92 Å². The Bertz CT molecular complexity index is 563. The van der Waals surface area contributed by atoms with Crippen LogP contribution >= 0.6 is 23.2 Å². The third-order valence-electron chi connectivity index (χ3n) is 3.26. The maximum absolute atomic E-state index is 12.4. The van der Waals surface area contributed by atoms with Crippen LogP contribution in [0.2, 0.25) is 10.0 Å². The molecule has 0 bridgehead atoms. The van der Waals surface area contributed by atoms with Gasteiger partial charge >= 0.3 is 5.97 Å². The smallest absolute Gasteiger partial charge is 0.310 e. The summed E-state index contributed by atoms with van der Waals surface area (Å²) in [7, 11) is 1.33. The molecule has 0 spiro atoms. The molecule has 1 unspecified atom stereocenters. The number of hydrogen-bond acceptors (Lipinski definition) is 4. The molecular weight excluding hydrogens is 341 g/mol. The summed E-state index contributed by atoms with van der Waals surface area (Å²) in [5.74, 6) is -0.619. The summed E-state index contributed by atoms with van der Waals surface area (Å²) >= 11 is 11.8. The SMILES string of the molecule is COC(=O)C(C)CN(C(=O)COc1ccc(Cl)cc1Cl)C(C)C. The van der Waals surface area contributed by atoms with Gasteiger partial charge in [-0.25, -0.2) is 0 Å². The summed E-state index contributed by atoms with van der Waals surface area (Å²) in [6.45, 7) is 5.55. The first-order chi connectivity index (χ1) is 10.8. The number of benzene rings is 1. The molecule has 23 heavy (non-hydrogen) atoms. The fraction of sp³-hybridized carbons (Fsp3) is 0.500. The number of rotatable bonds is 7. The zero-order valence-corrected chi connectivity index (χ0v) is 15.1. The summed E-state index contributed by atoms with van der Waals surface area (Å²) in [6, 6.07) is 4.71. The molecule has 0 aliphatic carbocycles. The second-order valence-electron chi connectivity index (χ2n) is 5.43. The predicted molar refractivity (Wildman–Crippen MR) is 90.0 cm³/mol. The van der Waals surface area contributed by atoms with Crippen molar-refractivity contribution in [3.05, 3.63) is 28.2 Å². The Kier molecular flexibility index (Phi) is 7.65. The largest absolute Gasteiger partial charge is 0.482 e. The highest BCUT2D eigenvalue weighted by Crippen LogP contribution is 2.27. The molecule has 0 aliphatic heterocycles. The Labute approximate surface area is 146 Å². The molecule has 1 rings (SSSR count). The molecule has 1 aromatic carbocycles. The van der Waals surface area contributed by atoms with Gasteiger partial charge in [0.2, 0.25) is 0 Å². The van der Waals surface area contributed by atoms with E-state index in [0.29, 0.717) is 15.8 Å². The molecule has 0 aliphatic rings. The van der Waals surface area contributed by atoms with E-state index in [9.17, 15) is 9.59 Å². The third-order valence-corrected chi connectivity index (χ3v) is 3.79. The van der Waals surface area contributed by atoms with E-state index in [2.05, 4.69) is 0 Å². The molecule has 0 aromatic heterocycles. The van der Waals surface area contributed by atoms with E-state index in [1.807, 2.05) is 13.8 Å². The first-order valence-electron chi connectivity index (χ1n) is 7.21. The molecule has 1 amide bonds. The third kappa shape index (κ3) is 5.92.